The van der Waals surface area contributed by atoms with E-state index in [9.17, 15) is 18.5 Å². The van der Waals surface area contributed by atoms with Gasteiger partial charge in [0.15, 0.2) is 5.75 Å². The second-order valence-corrected chi connectivity index (χ2v) is 4.20. The van der Waals surface area contributed by atoms with Gasteiger partial charge in [-0.15, -0.1) is 0 Å². The molecule has 0 atom stereocenters. The van der Waals surface area contributed by atoms with E-state index >= 15 is 0 Å². The number of nitrogens with two attached hydrogens (primary N) is 1. The second kappa shape index (κ2) is 3.83. The first-order valence-electron chi connectivity index (χ1n) is 3.71. The number of primary sulfonamides is 1. The third-order valence-corrected chi connectivity index (χ3v) is 2.59. The Morgan fingerprint density at radius 2 is 2.07 bits per heavy atom. The number of rotatable bonds is 3. The Kier molecular flexibility index (Phi) is 2.91. The van der Waals surface area contributed by atoms with Crippen LogP contribution in [0.5, 0.6) is 5.75 Å². The van der Waals surface area contributed by atoms with E-state index < -0.39 is 20.6 Å². The van der Waals surface area contributed by atoms with Crippen LogP contribution in [0.2, 0.25) is 0 Å². The lowest BCUT2D eigenvalue weighted by molar-refractivity contribution is -0.386. The van der Waals surface area contributed by atoms with Crippen molar-refractivity contribution in [1.82, 2.24) is 0 Å². The van der Waals surface area contributed by atoms with Gasteiger partial charge in [-0.1, -0.05) is 0 Å². The van der Waals surface area contributed by atoms with Crippen molar-refractivity contribution < 1.29 is 18.1 Å². The largest absolute Gasteiger partial charge is 0.490 e. The molecule has 0 unspecified atom stereocenters. The summed E-state index contributed by atoms with van der Waals surface area (Å²) in [6.07, 6.45) is 0. The number of nitro groups is 1. The monoisotopic (exact) mass is 232 g/mol. The fraction of sp³-hybridized carbons (Fsp3) is 0.143. The molecule has 15 heavy (non-hydrogen) atoms. The lowest BCUT2D eigenvalue weighted by atomic mass is 10.3. The van der Waals surface area contributed by atoms with Gasteiger partial charge < -0.3 is 4.74 Å². The fourth-order valence-corrected chi connectivity index (χ4v) is 1.52. The van der Waals surface area contributed by atoms with Crippen LogP contribution >= 0.6 is 0 Å². The van der Waals surface area contributed by atoms with Crippen molar-refractivity contribution >= 4 is 15.7 Å². The van der Waals surface area contributed by atoms with Gasteiger partial charge >= 0.3 is 5.69 Å². The number of sulfonamides is 1. The highest BCUT2D eigenvalue weighted by atomic mass is 32.2. The van der Waals surface area contributed by atoms with Crippen LogP contribution in [0.25, 0.3) is 0 Å². The Hall–Kier alpha value is -1.67. The molecule has 0 spiro atoms. The van der Waals surface area contributed by atoms with E-state index in [1.807, 2.05) is 0 Å². The highest BCUT2D eigenvalue weighted by molar-refractivity contribution is 7.89. The molecule has 2 N–H and O–H groups in total. The second-order valence-electron chi connectivity index (χ2n) is 2.64. The Labute approximate surface area is 85.7 Å². The van der Waals surface area contributed by atoms with Crippen LogP contribution in [-0.4, -0.2) is 20.5 Å². The van der Waals surface area contributed by atoms with Gasteiger partial charge in [0, 0.05) is 6.07 Å². The smallest absolute Gasteiger partial charge is 0.312 e. The maximum Gasteiger partial charge on any atom is 0.312 e. The predicted octanol–water partition coefficient (Wildman–Crippen LogP) is 0.251. The van der Waals surface area contributed by atoms with E-state index in [0.29, 0.717) is 0 Å². The summed E-state index contributed by atoms with van der Waals surface area (Å²) < 4.78 is 26.5. The average Bonchev–Trinajstić information content (AvgIpc) is 2.15. The van der Waals surface area contributed by atoms with E-state index in [4.69, 9.17) is 9.88 Å². The summed E-state index contributed by atoms with van der Waals surface area (Å²) >= 11 is 0. The molecule has 0 heterocycles. The number of hydrogen-bond donors (Lipinski definition) is 1. The third-order valence-electron chi connectivity index (χ3n) is 1.68. The number of nitro benzene ring substituents is 1. The Morgan fingerprint density at radius 1 is 1.47 bits per heavy atom. The van der Waals surface area contributed by atoms with Gasteiger partial charge in [-0.2, -0.15) is 0 Å². The molecular formula is C7H8N2O5S. The summed E-state index contributed by atoms with van der Waals surface area (Å²) in [6.45, 7) is 0. The molecule has 0 amide bonds. The molecule has 0 saturated carbocycles. The summed E-state index contributed by atoms with van der Waals surface area (Å²) in [5, 5.41) is 15.4. The molecule has 0 fully saturated rings. The normalized spacial score (nSPS) is 11.1. The first kappa shape index (κ1) is 11.4. The van der Waals surface area contributed by atoms with Gasteiger partial charge in [-0.3, -0.25) is 10.1 Å². The van der Waals surface area contributed by atoms with E-state index in [-0.39, 0.29) is 10.6 Å². The van der Waals surface area contributed by atoms with Crippen LogP contribution in [0.1, 0.15) is 0 Å². The van der Waals surface area contributed by atoms with E-state index in [2.05, 4.69) is 0 Å². The molecule has 7 nitrogen and oxygen atoms in total. The van der Waals surface area contributed by atoms with Crippen molar-refractivity contribution in [2.24, 2.45) is 5.14 Å². The molecule has 0 aliphatic rings. The molecule has 8 heteroatoms. The minimum atomic E-state index is -3.94. The van der Waals surface area contributed by atoms with Crippen molar-refractivity contribution in [2.75, 3.05) is 7.11 Å². The summed E-state index contributed by atoms with van der Waals surface area (Å²) in [5.74, 6) is -0.0209. The third kappa shape index (κ3) is 2.42. The van der Waals surface area contributed by atoms with Gasteiger partial charge in [0.05, 0.1) is 16.9 Å². The molecule has 82 valence electrons. The maximum absolute atomic E-state index is 10.9. The van der Waals surface area contributed by atoms with Crippen molar-refractivity contribution in [3.05, 3.63) is 28.3 Å². The Morgan fingerprint density at radius 3 is 2.47 bits per heavy atom. The van der Waals surface area contributed by atoms with Gasteiger partial charge in [0.1, 0.15) is 0 Å². The van der Waals surface area contributed by atoms with Crippen LogP contribution < -0.4 is 9.88 Å². The van der Waals surface area contributed by atoms with Gasteiger partial charge in [0.25, 0.3) is 0 Å². The number of methoxy groups -OCH3 is 1. The highest BCUT2D eigenvalue weighted by Crippen LogP contribution is 2.28. The Bertz CT molecular complexity index is 496. The molecule has 0 aliphatic heterocycles. The summed E-state index contributed by atoms with van der Waals surface area (Å²) in [5.41, 5.74) is -0.441. The average molecular weight is 232 g/mol. The number of ether oxygens (including phenoxy) is 1. The molecule has 1 rings (SSSR count). The minimum absolute atomic E-state index is 0.0209. The lowest BCUT2D eigenvalue weighted by Gasteiger charge is -2.02. The van der Waals surface area contributed by atoms with Gasteiger partial charge in [-0.25, -0.2) is 13.6 Å². The lowest BCUT2D eigenvalue weighted by Crippen LogP contribution is -2.12. The van der Waals surface area contributed by atoms with E-state index in [1.165, 1.54) is 13.2 Å². The summed E-state index contributed by atoms with van der Waals surface area (Å²) in [7, 11) is -2.69. The van der Waals surface area contributed by atoms with Gasteiger partial charge in [0.2, 0.25) is 10.0 Å². The highest BCUT2D eigenvalue weighted by Gasteiger charge is 2.19. The van der Waals surface area contributed by atoms with Crippen LogP contribution in [0, 0.1) is 10.1 Å². The molecule has 1 aromatic rings. The van der Waals surface area contributed by atoms with E-state index in [1.54, 1.807) is 0 Å². The minimum Gasteiger partial charge on any atom is -0.490 e. The number of hydrogen-bond acceptors (Lipinski definition) is 5. The molecule has 0 aromatic heterocycles. The molecular weight excluding hydrogens is 224 g/mol. The van der Waals surface area contributed by atoms with Crippen molar-refractivity contribution in [3.8, 4) is 5.75 Å². The van der Waals surface area contributed by atoms with Gasteiger partial charge in [-0.05, 0) is 12.1 Å². The van der Waals surface area contributed by atoms with Crippen molar-refractivity contribution in [2.45, 2.75) is 4.90 Å². The topological polar surface area (TPSA) is 113 Å². The summed E-state index contributed by atoms with van der Waals surface area (Å²) in [6, 6.07) is 3.17. The quantitative estimate of drug-likeness (QED) is 0.592. The van der Waals surface area contributed by atoms with Crippen LogP contribution in [-0.2, 0) is 10.0 Å². The molecule has 0 aliphatic carbocycles. The SMILES string of the molecule is COc1ccc(S(N)(=O)=O)cc1[N+](=O)[O-]. The predicted molar refractivity (Wildman–Crippen MR) is 51.0 cm³/mol. The van der Waals surface area contributed by atoms with E-state index in [0.717, 1.165) is 12.1 Å². The van der Waals surface area contributed by atoms with Crippen LogP contribution in [0.15, 0.2) is 23.1 Å². The summed E-state index contributed by atoms with van der Waals surface area (Å²) in [4.78, 5) is 9.48. The molecule has 0 radical (unpaired) electrons. The van der Waals surface area contributed by atoms with Crippen molar-refractivity contribution in [1.29, 1.82) is 0 Å². The molecule has 0 saturated heterocycles. The molecule has 0 bridgehead atoms. The first-order valence-corrected chi connectivity index (χ1v) is 5.26. The Balaban J connectivity index is 3.42. The molecule has 1 aromatic carbocycles. The van der Waals surface area contributed by atoms with Crippen LogP contribution in [0.3, 0.4) is 0 Å². The zero-order valence-corrected chi connectivity index (χ0v) is 8.52. The number of benzene rings is 1. The zero-order valence-electron chi connectivity index (χ0n) is 7.71. The fourth-order valence-electron chi connectivity index (χ4n) is 0.989. The number of nitrogens with zero attached hydrogens (tertiary/aromatic N) is 1. The van der Waals surface area contributed by atoms with Crippen LogP contribution in [0.4, 0.5) is 5.69 Å². The van der Waals surface area contributed by atoms with Crippen molar-refractivity contribution in [3.63, 3.8) is 0 Å². The first-order chi connectivity index (χ1) is 6.86. The standard InChI is InChI=1S/C7H8N2O5S/c1-14-7-3-2-5(15(8,12)13)4-6(7)9(10)11/h2-4H,1H3,(H2,8,12,13). The maximum atomic E-state index is 10.9. The zero-order chi connectivity index (χ0) is 11.6.